The van der Waals surface area contributed by atoms with Crippen LogP contribution < -0.4 is 16.0 Å². The summed E-state index contributed by atoms with van der Waals surface area (Å²) in [5.41, 5.74) is 0.985. The summed E-state index contributed by atoms with van der Waals surface area (Å²) < 4.78 is 5.31. The van der Waals surface area contributed by atoms with Crippen molar-refractivity contribution in [3.63, 3.8) is 0 Å². The van der Waals surface area contributed by atoms with Crippen molar-refractivity contribution in [2.45, 2.75) is 17.1 Å². The predicted molar refractivity (Wildman–Crippen MR) is 142 cm³/mol. The number of amides is 3. The summed E-state index contributed by atoms with van der Waals surface area (Å²) in [5.74, 6) is -0.646. The molecule has 0 unspecified atom stereocenters. The quantitative estimate of drug-likeness (QED) is 0.206. The van der Waals surface area contributed by atoms with Gasteiger partial charge in [0, 0.05) is 33.8 Å². The van der Waals surface area contributed by atoms with E-state index in [2.05, 4.69) is 20.9 Å². The molecule has 1 atom stereocenters. The number of carbonyl (C=O) groups is 3. The zero-order valence-electron chi connectivity index (χ0n) is 19.1. The number of benzene rings is 2. The third kappa shape index (κ3) is 6.94. The number of carbonyl (C=O) groups excluding carboxylic acids is 3. The molecule has 0 aliphatic carbocycles. The summed E-state index contributed by atoms with van der Waals surface area (Å²) in [7, 11) is 0. The molecule has 2 aromatic heterocycles. The molecule has 0 fully saturated rings. The number of rotatable bonds is 9. The second-order valence-corrected chi connectivity index (χ2v) is 9.77. The fraction of sp³-hybridized carbons (Fsp3) is 0.0769. The van der Waals surface area contributed by atoms with Crippen LogP contribution in [0.15, 0.2) is 99.6 Å². The summed E-state index contributed by atoms with van der Waals surface area (Å²) in [6.07, 6.45) is 4.57. The molecule has 3 N–H and O–H groups in total. The fourth-order valence-electron chi connectivity index (χ4n) is 3.02. The van der Waals surface area contributed by atoms with Gasteiger partial charge < -0.3 is 20.4 Å². The Morgan fingerprint density at radius 3 is 2.44 bits per heavy atom. The lowest BCUT2D eigenvalue weighted by Crippen LogP contribution is -2.30. The summed E-state index contributed by atoms with van der Waals surface area (Å²) in [5, 5.41) is 10.2. The summed E-state index contributed by atoms with van der Waals surface area (Å²) in [6, 6.07) is 19.1. The number of anilines is 2. The van der Waals surface area contributed by atoms with Crippen molar-refractivity contribution >= 4 is 57.7 Å². The molecule has 0 aliphatic heterocycles. The zero-order chi connectivity index (χ0) is 25.3. The molecule has 2 heterocycles. The molecule has 0 radical (unpaired) electrons. The van der Waals surface area contributed by atoms with Crippen LogP contribution >= 0.6 is 23.1 Å². The van der Waals surface area contributed by atoms with Crippen LogP contribution in [0, 0.1) is 0 Å². The smallest absolute Gasteiger partial charge is 0.272 e. The van der Waals surface area contributed by atoms with Crippen molar-refractivity contribution < 1.29 is 18.8 Å². The van der Waals surface area contributed by atoms with Gasteiger partial charge in [0.25, 0.3) is 11.8 Å². The number of nitrogens with one attached hydrogen (secondary N) is 3. The van der Waals surface area contributed by atoms with Crippen molar-refractivity contribution in [3.05, 3.63) is 102 Å². The van der Waals surface area contributed by atoms with E-state index >= 15 is 0 Å². The van der Waals surface area contributed by atoms with Gasteiger partial charge in [-0.15, -0.1) is 23.1 Å². The van der Waals surface area contributed by atoms with Crippen molar-refractivity contribution in [1.82, 2.24) is 10.3 Å². The summed E-state index contributed by atoms with van der Waals surface area (Å²) >= 11 is 2.75. The Kier molecular flexibility index (Phi) is 8.32. The minimum atomic E-state index is -0.507. The van der Waals surface area contributed by atoms with Crippen molar-refractivity contribution in [2.24, 2.45) is 0 Å². The van der Waals surface area contributed by atoms with E-state index in [-0.39, 0.29) is 16.9 Å². The number of hydrogen-bond donors (Lipinski definition) is 3. The highest BCUT2D eigenvalue weighted by atomic mass is 32.2. The van der Waals surface area contributed by atoms with E-state index in [1.165, 1.54) is 35.4 Å². The number of aromatic nitrogens is 1. The molecule has 8 nitrogen and oxygen atoms in total. The maximum Gasteiger partial charge on any atom is 0.272 e. The van der Waals surface area contributed by atoms with Crippen LogP contribution in [0.25, 0.3) is 6.08 Å². The topological polar surface area (TPSA) is 113 Å². The van der Waals surface area contributed by atoms with Gasteiger partial charge in [0.05, 0.1) is 11.5 Å². The molecule has 0 spiro atoms. The predicted octanol–water partition coefficient (Wildman–Crippen LogP) is 5.27. The normalized spacial score (nSPS) is 12.0. The lowest BCUT2D eigenvalue weighted by Gasteiger charge is -2.12. The first kappa shape index (κ1) is 25.0. The molecule has 4 rings (SSSR count). The van der Waals surface area contributed by atoms with E-state index in [0.717, 1.165) is 4.90 Å². The molecule has 0 bridgehead atoms. The van der Waals surface area contributed by atoms with Crippen molar-refractivity contribution in [1.29, 1.82) is 0 Å². The van der Waals surface area contributed by atoms with Gasteiger partial charge in [-0.3, -0.25) is 14.4 Å². The molecular formula is C26H22N4O4S2. The maximum absolute atomic E-state index is 13.0. The SMILES string of the molecule is C[C@@H](Sc1ccc(NC(=O)/C(=C/c2ccco2)NC(=O)c2ccccc2)cc1)C(=O)Nc1nccs1. The van der Waals surface area contributed by atoms with Gasteiger partial charge in [-0.05, 0) is 55.5 Å². The molecule has 0 saturated heterocycles. The van der Waals surface area contributed by atoms with E-state index < -0.39 is 11.8 Å². The molecule has 4 aromatic rings. The highest BCUT2D eigenvalue weighted by molar-refractivity contribution is 8.00. The molecule has 36 heavy (non-hydrogen) atoms. The lowest BCUT2D eigenvalue weighted by molar-refractivity contribution is -0.115. The number of thioether (sulfide) groups is 1. The maximum atomic E-state index is 13.0. The summed E-state index contributed by atoms with van der Waals surface area (Å²) in [4.78, 5) is 42.9. The van der Waals surface area contributed by atoms with E-state index in [4.69, 9.17) is 4.42 Å². The van der Waals surface area contributed by atoms with Gasteiger partial charge in [-0.1, -0.05) is 18.2 Å². The minimum absolute atomic E-state index is 0.0322. The van der Waals surface area contributed by atoms with Gasteiger partial charge >= 0.3 is 0 Å². The lowest BCUT2D eigenvalue weighted by atomic mass is 10.2. The standard InChI is InChI=1S/C26H22N4O4S2/c1-17(23(31)30-26-27-13-15-35-26)36-21-11-9-19(10-12-21)28-25(33)22(16-20-8-5-14-34-20)29-24(32)18-6-3-2-4-7-18/h2-17H,1H3,(H,28,33)(H,29,32)(H,27,30,31)/b22-16-/t17-/m1/s1. The van der Waals surface area contributed by atoms with Crippen LogP contribution in [0.3, 0.4) is 0 Å². The second kappa shape index (κ2) is 12.0. The van der Waals surface area contributed by atoms with E-state index in [0.29, 0.717) is 22.1 Å². The first-order valence-electron chi connectivity index (χ1n) is 10.9. The van der Waals surface area contributed by atoms with Gasteiger partial charge in [0.15, 0.2) is 5.13 Å². The molecule has 0 saturated carbocycles. The number of nitrogens with zero attached hydrogens (tertiary/aromatic N) is 1. The third-order valence-electron chi connectivity index (χ3n) is 4.82. The van der Waals surface area contributed by atoms with Gasteiger partial charge in [0.1, 0.15) is 11.5 Å². The fourth-order valence-corrected chi connectivity index (χ4v) is 4.42. The molecule has 182 valence electrons. The Labute approximate surface area is 215 Å². The number of thiazole rings is 1. The van der Waals surface area contributed by atoms with E-state index in [1.54, 1.807) is 66.2 Å². The van der Waals surface area contributed by atoms with Gasteiger partial charge in [-0.25, -0.2) is 4.98 Å². The average molecular weight is 519 g/mol. The Morgan fingerprint density at radius 2 is 1.78 bits per heavy atom. The first-order chi connectivity index (χ1) is 17.5. The zero-order valence-corrected chi connectivity index (χ0v) is 20.8. The van der Waals surface area contributed by atoms with Crippen LogP contribution in [-0.2, 0) is 9.59 Å². The number of furan rings is 1. The van der Waals surface area contributed by atoms with Crippen LogP contribution in [0.5, 0.6) is 0 Å². The highest BCUT2D eigenvalue weighted by Crippen LogP contribution is 2.26. The Bertz CT molecular complexity index is 1340. The monoisotopic (exact) mass is 518 g/mol. The largest absolute Gasteiger partial charge is 0.465 e. The Hall–Kier alpha value is -4.15. The van der Waals surface area contributed by atoms with Gasteiger partial charge in [-0.2, -0.15) is 0 Å². The molecular weight excluding hydrogens is 496 g/mol. The van der Waals surface area contributed by atoms with Crippen molar-refractivity contribution in [2.75, 3.05) is 10.6 Å². The second-order valence-electron chi connectivity index (χ2n) is 7.46. The molecule has 10 heteroatoms. The minimum Gasteiger partial charge on any atom is -0.465 e. The average Bonchev–Trinajstić information content (AvgIpc) is 3.60. The number of hydrogen-bond acceptors (Lipinski definition) is 7. The van der Waals surface area contributed by atoms with E-state index in [9.17, 15) is 14.4 Å². The van der Waals surface area contributed by atoms with Crippen LogP contribution in [0.4, 0.5) is 10.8 Å². The van der Waals surface area contributed by atoms with Gasteiger partial charge in [0.2, 0.25) is 5.91 Å². The summed E-state index contributed by atoms with van der Waals surface area (Å²) in [6.45, 7) is 1.81. The van der Waals surface area contributed by atoms with Crippen LogP contribution in [0.2, 0.25) is 0 Å². The Balaban J connectivity index is 1.40. The third-order valence-corrected chi connectivity index (χ3v) is 6.62. The van der Waals surface area contributed by atoms with E-state index in [1.807, 2.05) is 19.1 Å². The van der Waals surface area contributed by atoms with Crippen molar-refractivity contribution in [3.8, 4) is 0 Å². The molecule has 3 amide bonds. The Morgan fingerprint density at radius 1 is 1.00 bits per heavy atom. The highest BCUT2D eigenvalue weighted by Gasteiger charge is 2.17. The first-order valence-corrected chi connectivity index (χ1v) is 12.6. The molecule has 0 aliphatic rings. The van der Waals surface area contributed by atoms with Crippen LogP contribution in [0.1, 0.15) is 23.0 Å². The molecule has 2 aromatic carbocycles. The van der Waals surface area contributed by atoms with Crippen LogP contribution in [-0.4, -0.2) is 28.0 Å².